The number of carbonyl (C=O) groups excluding carboxylic acids is 1. The minimum absolute atomic E-state index is 0.343. The van der Waals surface area contributed by atoms with Crippen LogP contribution in [0.2, 0.25) is 0 Å². The molecule has 2 aromatic carbocycles. The average molecular weight is 272 g/mol. The molecule has 2 aromatic rings. The summed E-state index contributed by atoms with van der Waals surface area (Å²) in [7, 11) is 0. The molecule has 0 heterocycles. The lowest BCUT2D eigenvalue weighted by atomic mass is 10.1. The Morgan fingerprint density at radius 1 is 1.15 bits per heavy atom. The van der Waals surface area contributed by atoms with Crippen LogP contribution in [0.15, 0.2) is 48.5 Å². The van der Waals surface area contributed by atoms with Crippen molar-refractivity contribution < 1.29 is 9.18 Å². The number of rotatable bonds is 5. The molecule has 0 saturated heterocycles. The average Bonchev–Trinajstić information content (AvgIpc) is 2.46. The Morgan fingerprint density at radius 3 is 2.25 bits per heavy atom. The molecule has 104 valence electrons. The van der Waals surface area contributed by atoms with Gasteiger partial charge in [0.1, 0.15) is 11.9 Å². The van der Waals surface area contributed by atoms with Crippen LogP contribution in [0, 0.1) is 5.82 Å². The van der Waals surface area contributed by atoms with Crippen LogP contribution in [0.3, 0.4) is 0 Å². The second-order valence-electron chi connectivity index (χ2n) is 4.58. The predicted molar refractivity (Wildman–Crippen MR) is 77.8 cm³/mol. The number of primary amides is 1. The van der Waals surface area contributed by atoms with Gasteiger partial charge in [0.25, 0.3) is 0 Å². The quantitative estimate of drug-likeness (QED) is 0.879. The fraction of sp³-hybridized carbons (Fsp3) is 0.188. The van der Waals surface area contributed by atoms with Gasteiger partial charge in [-0.3, -0.25) is 4.79 Å². The maximum absolute atomic E-state index is 12.9. The Bertz CT molecular complexity index is 578. The number of amides is 1. The Morgan fingerprint density at radius 2 is 1.75 bits per heavy atom. The fourth-order valence-corrected chi connectivity index (χ4v) is 1.98. The van der Waals surface area contributed by atoms with Crippen molar-refractivity contribution in [2.24, 2.45) is 5.73 Å². The number of hydrogen-bond donors (Lipinski definition) is 2. The number of hydrogen-bond acceptors (Lipinski definition) is 2. The lowest BCUT2D eigenvalue weighted by molar-refractivity contribution is -0.118. The highest BCUT2D eigenvalue weighted by Crippen LogP contribution is 2.20. The van der Waals surface area contributed by atoms with Gasteiger partial charge in [0.05, 0.1) is 0 Å². The van der Waals surface area contributed by atoms with Crippen molar-refractivity contribution in [1.29, 1.82) is 0 Å². The molecule has 3 N–H and O–H groups in total. The molecule has 0 aliphatic heterocycles. The third-order valence-electron chi connectivity index (χ3n) is 3.16. The highest BCUT2D eigenvalue weighted by atomic mass is 19.1. The van der Waals surface area contributed by atoms with Gasteiger partial charge < -0.3 is 11.1 Å². The van der Waals surface area contributed by atoms with E-state index in [4.69, 9.17) is 5.73 Å². The normalized spacial score (nSPS) is 11.9. The largest absolute Gasteiger partial charge is 0.370 e. The molecule has 0 radical (unpaired) electrons. The highest BCUT2D eigenvalue weighted by Gasteiger charge is 2.17. The van der Waals surface area contributed by atoms with Gasteiger partial charge in [0.2, 0.25) is 5.91 Å². The van der Waals surface area contributed by atoms with E-state index in [1.54, 1.807) is 12.1 Å². The van der Waals surface area contributed by atoms with Crippen molar-refractivity contribution >= 4 is 11.6 Å². The first-order chi connectivity index (χ1) is 9.60. The van der Waals surface area contributed by atoms with Crippen molar-refractivity contribution in [2.45, 2.75) is 19.4 Å². The summed E-state index contributed by atoms with van der Waals surface area (Å²) in [5.41, 5.74) is 8.07. The van der Waals surface area contributed by atoms with Crippen LogP contribution in [0.4, 0.5) is 10.1 Å². The molecule has 4 heteroatoms. The van der Waals surface area contributed by atoms with Gasteiger partial charge in [0, 0.05) is 5.69 Å². The highest BCUT2D eigenvalue weighted by molar-refractivity contribution is 5.84. The van der Waals surface area contributed by atoms with Crippen LogP contribution in [0.5, 0.6) is 0 Å². The molecule has 0 bridgehead atoms. The minimum Gasteiger partial charge on any atom is -0.370 e. The predicted octanol–water partition coefficient (Wildman–Crippen LogP) is 3.03. The third kappa shape index (κ3) is 3.35. The standard InChI is InChI=1S/C16H17FN2O/c1-2-11-3-9-14(10-4-11)19-15(16(18)20)12-5-7-13(17)8-6-12/h3-10,15,19H,2H2,1H3,(H2,18,20)/t15-/m0/s1. The van der Waals surface area contributed by atoms with Crippen LogP contribution < -0.4 is 11.1 Å². The topological polar surface area (TPSA) is 55.1 Å². The summed E-state index contributed by atoms with van der Waals surface area (Å²) < 4.78 is 12.9. The van der Waals surface area contributed by atoms with Gasteiger partial charge in [-0.2, -0.15) is 0 Å². The van der Waals surface area contributed by atoms with Gasteiger partial charge >= 0.3 is 0 Å². The Balaban J connectivity index is 2.20. The molecule has 0 aromatic heterocycles. The molecule has 20 heavy (non-hydrogen) atoms. The van der Waals surface area contributed by atoms with Crippen molar-refractivity contribution in [2.75, 3.05) is 5.32 Å². The Labute approximate surface area is 117 Å². The molecular formula is C16H17FN2O. The molecule has 0 spiro atoms. The molecule has 0 saturated carbocycles. The van der Waals surface area contributed by atoms with E-state index in [2.05, 4.69) is 12.2 Å². The number of anilines is 1. The Kier molecular flexibility index (Phi) is 4.35. The van der Waals surface area contributed by atoms with Crippen LogP contribution >= 0.6 is 0 Å². The summed E-state index contributed by atoms with van der Waals surface area (Å²) in [6.45, 7) is 2.08. The van der Waals surface area contributed by atoms with Crippen LogP contribution in [0.1, 0.15) is 24.1 Å². The molecule has 0 aliphatic carbocycles. The molecule has 0 fully saturated rings. The summed E-state index contributed by atoms with van der Waals surface area (Å²) in [5, 5.41) is 3.07. The Hall–Kier alpha value is -2.36. The fourth-order valence-electron chi connectivity index (χ4n) is 1.98. The van der Waals surface area contributed by atoms with Crippen molar-refractivity contribution in [3.63, 3.8) is 0 Å². The van der Waals surface area contributed by atoms with E-state index in [0.29, 0.717) is 5.56 Å². The SMILES string of the molecule is CCc1ccc(N[C@H](C(N)=O)c2ccc(F)cc2)cc1. The molecule has 1 amide bonds. The van der Waals surface area contributed by atoms with Crippen LogP contribution in [-0.4, -0.2) is 5.91 Å². The van der Waals surface area contributed by atoms with E-state index in [1.807, 2.05) is 24.3 Å². The van der Waals surface area contributed by atoms with E-state index < -0.39 is 11.9 Å². The van der Waals surface area contributed by atoms with Gasteiger partial charge in [-0.15, -0.1) is 0 Å². The molecule has 0 unspecified atom stereocenters. The van der Waals surface area contributed by atoms with Gasteiger partial charge in [-0.05, 0) is 41.8 Å². The van der Waals surface area contributed by atoms with E-state index >= 15 is 0 Å². The van der Waals surface area contributed by atoms with E-state index in [0.717, 1.165) is 12.1 Å². The number of nitrogens with two attached hydrogens (primary N) is 1. The van der Waals surface area contributed by atoms with Gasteiger partial charge in [-0.1, -0.05) is 31.2 Å². The van der Waals surface area contributed by atoms with Crippen molar-refractivity contribution in [1.82, 2.24) is 0 Å². The maximum atomic E-state index is 12.9. The number of carbonyl (C=O) groups is 1. The summed E-state index contributed by atoms with van der Waals surface area (Å²) in [4.78, 5) is 11.6. The van der Waals surface area contributed by atoms with Gasteiger partial charge in [-0.25, -0.2) is 4.39 Å². The first-order valence-electron chi connectivity index (χ1n) is 6.50. The molecule has 0 aliphatic rings. The van der Waals surface area contributed by atoms with E-state index in [-0.39, 0.29) is 5.82 Å². The summed E-state index contributed by atoms with van der Waals surface area (Å²) in [5.74, 6) is -0.847. The van der Waals surface area contributed by atoms with E-state index in [1.165, 1.54) is 17.7 Å². The first-order valence-corrected chi connectivity index (χ1v) is 6.50. The van der Waals surface area contributed by atoms with Crippen molar-refractivity contribution in [3.8, 4) is 0 Å². The van der Waals surface area contributed by atoms with E-state index in [9.17, 15) is 9.18 Å². The third-order valence-corrected chi connectivity index (χ3v) is 3.16. The number of aryl methyl sites for hydroxylation is 1. The van der Waals surface area contributed by atoms with Crippen molar-refractivity contribution in [3.05, 3.63) is 65.5 Å². The second-order valence-corrected chi connectivity index (χ2v) is 4.58. The molecular weight excluding hydrogens is 255 g/mol. The maximum Gasteiger partial charge on any atom is 0.244 e. The molecule has 3 nitrogen and oxygen atoms in total. The first kappa shape index (κ1) is 14.1. The minimum atomic E-state index is -0.678. The zero-order valence-corrected chi connectivity index (χ0v) is 11.3. The summed E-state index contributed by atoms with van der Waals surface area (Å²) in [6, 6.07) is 12.8. The summed E-state index contributed by atoms with van der Waals surface area (Å²) in [6.07, 6.45) is 0.956. The van der Waals surface area contributed by atoms with Gasteiger partial charge in [0.15, 0.2) is 0 Å². The summed E-state index contributed by atoms with van der Waals surface area (Å²) >= 11 is 0. The van der Waals surface area contributed by atoms with Crippen LogP contribution in [0.25, 0.3) is 0 Å². The van der Waals surface area contributed by atoms with Crippen LogP contribution in [-0.2, 0) is 11.2 Å². The zero-order valence-electron chi connectivity index (χ0n) is 11.3. The number of nitrogens with one attached hydrogen (secondary N) is 1. The molecule has 2 rings (SSSR count). The lowest BCUT2D eigenvalue weighted by Gasteiger charge is -2.17. The smallest absolute Gasteiger partial charge is 0.244 e. The lowest BCUT2D eigenvalue weighted by Crippen LogP contribution is -2.27. The molecule has 1 atom stereocenters. The second kappa shape index (κ2) is 6.19. The number of benzene rings is 2. The zero-order chi connectivity index (χ0) is 14.5. The number of halogens is 1. The monoisotopic (exact) mass is 272 g/mol.